The van der Waals surface area contributed by atoms with E-state index in [1.165, 1.54) is 0 Å². The van der Waals surface area contributed by atoms with Crippen molar-refractivity contribution >= 4 is 5.97 Å². The van der Waals surface area contributed by atoms with Crippen molar-refractivity contribution in [3.63, 3.8) is 0 Å². The Morgan fingerprint density at radius 3 is 2.50 bits per heavy atom. The maximum absolute atomic E-state index is 12.2. The molecular formula is C16H21NO3. The molecule has 0 radical (unpaired) electrons. The lowest BCUT2D eigenvalue weighted by Crippen LogP contribution is -2.51. The predicted molar refractivity (Wildman–Crippen MR) is 76.0 cm³/mol. The average Bonchev–Trinajstić information content (AvgIpc) is 2.49. The molecule has 3 aliphatic rings. The van der Waals surface area contributed by atoms with Crippen molar-refractivity contribution in [3.8, 4) is 5.75 Å². The third-order valence-electron chi connectivity index (χ3n) is 4.26. The lowest BCUT2D eigenvalue weighted by molar-refractivity contribution is -0.0455. The zero-order valence-electron chi connectivity index (χ0n) is 11.9. The van der Waals surface area contributed by atoms with Crippen molar-refractivity contribution in [1.29, 1.82) is 0 Å². The van der Waals surface area contributed by atoms with Crippen molar-refractivity contribution in [1.82, 2.24) is 4.90 Å². The highest BCUT2D eigenvalue weighted by Crippen LogP contribution is 2.30. The molecule has 0 unspecified atom stereocenters. The van der Waals surface area contributed by atoms with Gasteiger partial charge < -0.3 is 9.47 Å². The number of hydrogen-bond acceptors (Lipinski definition) is 4. The number of piperidine rings is 3. The molecule has 0 amide bonds. The monoisotopic (exact) mass is 275 g/mol. The molecule has 4 nitrogen and oxygen atoms in total. The standard InChI is InChI=1S/C16H21NO3/c1-2-19-14-5-3-13(4-6-14)16(18)20-15-11-17-9-7-12(15)8-10-17/h3-6,12,15H,2,7-11H2,1H3/t15-/m0/s1. The van der Waals surface area contributed by atoms with Gasteiger partial charge >= 0.3 is 5.97 Å². The summed E-state index contributed by atoms with van der Waals surface area (Å²) >= 11 is 0. The minimum atomic E-state index is -0.216. The van der Waals surface area contributed by atoms with E-state index < -0.39 is 0 Å². The number of carbonyl (C=O) groups excluding carboxylic acids is 1. The quantitative estimate of drug-likeness (QED) is 0.791. The highest BCUT2D eigenvalue weighted by molar-refractivity contribution is 5.89. The molecule has 108 valence electrons. The first-order chi connectivity index (χ1) is 9.76. The second-order valence-corrected chi connectivity index (χ2v) is 5.54. The molecular weight excluding hydrogens is 254 g/mol. The van der Waals surface area contributed by atoms with Gasteiger partial charge in [-0.25, -0.2) is 4.79 Å². The number of esters is 1. The molecule has 1 atom stereocenters. The fourth-order valence-corrected chi connectivity index (χ4v) is 3.10. The predicted octanol–water partition coefficient (Wildman–Crippen LogP) is 2.34. The zero-order chi connectivity index (χ0) is 13.9. The Kier molecular flexibility index (Phi) is 3.92. The van der Waals surface area contributed by atoms with E-state index in [0.717, 1.165) is 38.2 Å². The molecule has 0 aliphatic carbocycles. The molecule has 3 fully saturated rings. The molecule has 0 spiro atoms. The number of fused-ring (bicyclic) bond motifs is 3. The van der Waals surface area contributed by atoms with Crippen LogP contribution in [0.15, 0.2) is 24.3 Å². The van der Waals surface area contributed by atoms with E-state index in [-0.39, 0.29) is 12.1 Å². The van der Waals surface area contributed by atoms with Gasteiger partial charge in [-0.15, -0.1) is 0 Å². The third kappa shape index (κ3) is 2.80. The number of carbonyl (C=O) groups is 1. The van der Waals surface area contributed by atoms with E-state index >= 15 is 0 Å². The van der Waals surface area contributed by atoms with Crippen LogP contribution in [0.3, 0.4) is 0 Å². The smallest absolute Gasteiger partial charge is 0.338 e. The Morgan fingerprint density at radius 1 is 1.25 bits per heavy atom. The zero-order valence-corrected chi connectivity index (χ0v) is 11.9. The van der Waals surface area contributed by atoms with Crippen LogP contribution >= 0.6 is 0 Å². The highest BCUT2D eigenvalue weighted by atomic mass is 16.5. The molecule has 0 aromatic heterocycles. The van der Waals surface area contributed by atoms with E-state index in [2.05, 4.69) is 4.90 Å². The van der Waals surface area contributed by atoms with Crippen LogP contribution in [0.5, 0.6) is 5.75 Å². The number of rotatable bonds is 4. The van der Waals surface area contributed by atoms with Gasteiger partial charge in [-0.05, 0) is 63.0 Å². The van der Waals surface area contributed by atoms with Crippen molar-refractivity contribution in [3.05, 3.63) is 29.8 Å². The number of hydrogen-bond donors (Lipinski definition) is 0. The summed E-state index contributed by atoms with van der Waals surface area (Å²) in [6.07, 6.45) is 2.37. The summed E-state index contributed by atoms with van der Waals surface area (Å²) < 4.78 is 11.1. The van der Waals surface area contributed by atoms with Crippen molar-refractivity contribution in [2.24, 2.45) is 5.92 Å². The minimum Gasteiger partial charge on any atom is -0.494 e. The molecule has 20 heavy (non-hydrogen) atoms. The SMILES string of the molecule is CCOc1ccc(C(=O)O[C@H]2CN3CCC2CC3)cc1. The first-order valence-electron chi connectivity index (χ1n) is 7.42. The summed E-state index contributed by atoms with van der Waals surface area (Å²) in [5, 5.41) is 0. The molecule has 0 saturated carbocycles. The van der Waals surface area contributed by atoms with Gasteiger partial charge in [-0.1, -0.05) is 0 Å². The molecule has 4 rings (SSSR count). The van der Waals surface area contributed by atoms with Crippen molar-refractivity contribution < 1.29 is 14.3 Å². The van der Waals surface area contributed by atoms with Gasteiger partial charge in [0.1, 0.15) is 11.9 Å². The molecule has 1 aromatic rings. The Hall–Kier alpha value is -1.55. The van der Waals surface area contributed by atoms with Gasteiger partial charge in [0.05, 0.1) is 12.2 Å². The van der Waals surface area contributed by atoms with E-state index in [9.17, 15) is 4.79 Å². The Labute approximate surface area is 119 Å². The summed E-state index contributed by atoms with van der Waals surface area (Å²) in [6.45, 7) is 5.77. The average molecular weight is 275 g/mol. The van der Waals surface area contributed by atoms with Gasteiger partial charge in [0.2, 0.25) is 0 Å². The first-order valence-corrected chi connectivity index (χ1v) is 7.42. The van der Waals surface area contributed by atoms with Gasteiger partial charge in [0, 0.05) is 6.54 Å². The van der Waals surface area contributed by atoms with Gasteiger partial charge in [-0.3, -0.25) is 4.90 Å². The third-order valence-corrected chi connectivity index (χ3v) is 4.26. The van der Waals surface area contributed by atoms with Crippen LogP contribution in [0.4, 0.5) is 0 Å². The summed E-state index contributed by atoms with van der Waals surface area (Å²) in [5.74, 6) is 1.12. The maximum atomic E-state index is 12.2. The van der Waals surface area contributed by atoms with Gasteiger partial charge in [0.15, 0.2) is 0 Å². The van der Waals surface area contributed by atoms with Crippen molar-refractivity contribution in [2.45, 2.75) is 25.9 Å². The minimum absolute atomic E-state index is 0.0663. The lowest BCUT2D eigenvalue weighted by atomic mass is 9.86. The summed E-state index contributed by atoms with van der Waals surface area (Å²) in [4.78, 5) is 14.6. The van der Waals surface area contributed by atoms with Crippen LogP contribution in [0, 0.1) is 5.92 Å². The van der Waals surface area contributed by atoms with Gasteiger partial charge in [-0.2, -0.15) is 0 Å². The molecule has 4 heteroatoms. The van der Waals surface area contributed by atoms with Crippen LogP contribution in [0.1, 0.15) is 30.1 Å². The van der Waals surface area contributed by atoms with Crippen LogP contribution < -0.4 is 4.74 Å². The molecule has 0 N–H and O–H groups in total. The van der Waals surface area contributed by atoms with Gasteiger partial charge in [0.25, 0.3) is 0 Å². The largest absolute Gasteiger partial charge is 0.494 e. The Morgan fingerprint density at radius 2 is 1.95 bits per heavy atom. The normalized spacial score (nSPS) is 28.1. The Bertz CT molecular complexity index is 463. The van der Waals surface area contributed by atoms with Crippen LogP contribution in [-0.4, -0.2) is 43.2 Å². The summed E-state index contributed by atoms with van der Waals surface area (Å²) in [6, 6.07) is 7.18. The van der Waals surface area contributed by atoms with E-state index in [1.807, 2.05) is 19.1 Å². The van der Waals surface area contributed by atoms with E-state index in [0.29, 0.717) is 18.1 Å². The number of ether oxygens (including phenoxy) is 2. The second kappa shape index (κ2) is 5.83. The molecule has 2 bridgehead atoms. The Balaban J connectivity index is 1.61. The van der Waals surface area contributed by atoms with Crippen LogP contribution in [0.25, 0.3) is 0 Å². The molecule has 3 aliphatic heterocycles. The highest BCUT2D eigenvalue weighted by Gasteiger charge is 2.36. The van der Waals surface area contributed by atoms with Crippen LogP contribution in [0.2, 0.25) is 0 Å². The van der Waals surface area contributed by atoms with E-state index in [4.69, 9.17) is 9.47 Å². The fourth-order valence-electron chi connectivity index (χ4n) is 3.10. The molecule has 1 aromatic carbocycles. The topological polar surface area (TPSA) is 38.8 Å². The van der Waals surface area contributed by atoms with E-state index in [1.54, 1.807) is 12.1 Å². The second-order valence-electron chi connectivity index (χ2n) is 5.54. The lowest BCUT2D eigenvalue weighted by Gasteiger charge is -2.43. The maximum Gasteiger partial charge on any atom is 0.338 e. The number of benzene rings is 1. The van der Waals surface area contributed by atoms with Crippen LogP contribution in [-0.2, 0) is 4.74 Å². The number of nitrogens with zero attached hydrogens (tertiary/aromatic N) is 1. The molecule has 3 saturated heterocycles. The molecule has 3 heterocycles. The summed E-state index contributed by atoms with van der Waals surface area (Å²) in [7, 11) is 0. The summed E-state index contributed by atoms with van der Waals surface area (Å²) in [5.41, 5.74) is 0.602. The first kappa shape index (κ1) is 13.4. The fraction of sp³-hybridized carbons (Fsp3) is 0.562. The van der Waals surface area contributed by atoms with Crippen molar-refractivity contribution in [2.75, 3.05) is 26.2 Å².